The molecule has 2 heterocycles. The Labute approximate surface area is 136 Å². The smallest absolute Gasteiger partial charge is 0.430 e. The average Bonchev–Trinajstić information content (AvgIpc) is 2.95. The Kier molecular flexibility index (Phi) is 4.15. The monoisotopic (exact) mass is 331 g/mol. The zero-order valence-electron chi connectivity index (χ0n) is 12.7. The molecule has 0 unspecified atom stereocenters. The number of halogens is 1. The van der Waals surface area contributed by atoms with E-state index < -0.39 is 6.09 Å². The first kappa shape index (κ1) is 15.5. The van der Waals surface area contributed by atoms with E-state index in [-0.39, 0.29) is 12.4 Å². The van der Waals surface area contributed by atoms with Crippen molar-refractivity contribution in [2.24, 2.45) is 7.05 Å². The number of carbonyl (C=O) groups is 1. The first-order valence-electron chi connectivity index (χ1n) is 6.98. The fourth-order valence-corrected chi connectivity index (χ4v) is 2.10. The van der Waals surface area contributed by atoms with E-state index in [9.17, 15) is 9.18 Å². The molecule has 124 valence electrons. The lowest BCUT2D eigenvalue weighted by molar-refractivity contribution is 0.146. The van der Waals surface area contributed by atoms with Crippen molar-refractivity contribution in [3.8, 4) is 11.3 Å². The van der Waals surface area contributed by atoms with Crippen LogP contribution in [-0.2, 0) is 18.4 Å². The van der Waals surface area contributed by atoms with Gasteiger partial charge in [-0.2, -0.15) is 5.01 Å². The average molecular weight is 331 g/mol. The Morgan fingerprint density at radius 2 is 2.12 bits per heavy atom. The van der Waals surface area contributed by atoms with E-state index >= 15 is 0 Å². The second kappa shape index (κ2) is 6.41. The number of carboxylic acid groups (broad SMARTS) is 1. The van der Waals surface area contributed by atoms with E-state index in [2.05, 4.69) is 15.7 Å². The largest absolute Gasteiger partial charge is 0.486 e. The van der Waals surface area contributed by atoms with E-state index in [1.165, 1.54) is 30.6 Å². The third-order valence-corrected chi connectivity index (χ3v) is 3.38. The number of aryl methyl sites for hydroxylation is 1. The number of nitrogens with one attached hydrogen (secondary N) is 1. The highest BCUT2D eigenvalue weighted by Gasteiger charge is 2.15. The normalized spacial score (nSPS) is 13.4. The molecule has 1 aliphatic heterocycles. The SMILES string of the molecule is Cn1nnc(-c2ccc(F)cc2)c1COC1=CNN(C(=O)O)C=C1. The van der Waals surface area contributed by atoms with E-state index in [4.69, 9.17) is 9.84 Å². The molecule has 1 amide bonds. The maximum Gasteiger partial charge on any atom is 0.430 e. The predicted molar refractivity (Wildman–Crippen MR) is 81.4 cm³/mol. The van der Waals surface area contributed by atoms with Crippen LogP contribution in [0.5, 0.6) is 0 Å². The molecule has 2 N–H and O–H groups in total. The van der Waals surface area contributed by atoms with Crippen LogP contribution in [0, 0.1) is 5.82 Å². The van der Waals surface area contributed by atoms with Crippen LogP contribution in [0.15, 0.2) is 48.5 Å². The molecule has 0 saturated carbocycles. The fourth-order valence-electron chi connectivity index (χ4n) is 2.10. The molecule has 3 rings (SSSR count). The van der Waals surface area contributed by atoms with Gasteiger partial charge in [-0.05, 0) is 24.3 Å². The lowest BCUT2D eigenvalue weighted by Gasteiger charge is -2.19. The molecule has 0 spiro atoms. The molecule has 1 aliphatic rings. The summed E-state index contributed by atoms with van der Waals surface area (Å²) in [7, 11) is 1.73. The third kappa shape index (κ3) is 3.19. The number of hydrazine groups is 1. The summed E-state index contributed by atoms with van der Waals surface area (Å²) in [5.41, 5.74) is 4.57. The van der Waals surface area contributed by atoms with Gasteiger partial charge in [-0.25, -0.2) is 13.9 Å². The summed E-state index contributed by atoms with van der Waals surface area (Å²) in [6.07, 6.45) is 3.15. The second-order valence-corrected chi connectivity index (χ2v) is 4.95. The lowest BCUT2D eigenvalue weighted by Crippen LogP contribution is -2.35. The maximum atomic E-state index is 13.1. The van der Waals surface area contributed by atoms with Gasteiger partial charge in [0.25, 0.3) is 0 Å². The Hall–Kier alpha value is -3.36. The van der Waals surface area contributed by atoms with Gasteiger partial charge in [0.15, 0.2) is 0 Å². The van der Waals surface area contributed by atoms with Crippen molar-refractivity contribution in [1.29, 1.82) is 0 Å². The van der Waals surface area contributed by atoms with Crippen molar-refractivity contribution >= 4 is 6.09 Å². The summed E-state index contributed by atoms with van der Waals surface area (Å²) in [6.45, 7) is 0.168. The minimum atomic E-state index is -1.13. The summed E-state index contributed by atoms with van der Waals surface area (Å²) >= 11 is 0. The van der Waals surface area contributed by atoms with Crippen molar-refractivity contribution in [2.75, 3.05) is 0 Å². The van der Waals surface area contributed by atoms with Crippen LogP contribution < -0.4 is 5.43 Å². The Morgan fingerprint density at radius 3 is 2.75 bits per heavy atom. The number of hydrogen-bond acceptors (Lipinski definition) is 5. The lowest BCUT2D eigenvalue weighted by atomic mass is 10.1. The standard InChI is InChI=1S/C15H14FN5O3/c1-20-13(9-24-12-6-7-21(15(22)23)17-8-12)14(18-19-20)10-2-4-11(16)5-3-10/h2-8,17H,9H2,1H3,(H,22,23). The quantitative estimate of drug-likeness (QED) is 0.890. The van der Waals surface area contributed by atoms with E-state index in [0.717, 1.165) is 10.6 Å². The first-order chi connectivity index (χ1) is 11.5. The molecule has 0 fully saturated rings. The third-order valence-electron chi connectivity index (χ3n) is 3.38. The minimum absolute atomic E-state index is 0.168. The molecular formula is C15H14FN5O3. The molecule has 9 heteroatoms. The number of nitrogens with zero attached hydrogens (tertiary/aromatic N) is 4. The number of benzene rings is 1. The predicted octanol–water partition coefficient (Wildman–Crippen LogP) is 1.99. The summed E-state index contributed by atoms with van der Waals surface area (Å²) in [5, 5.41) is 17.8. The summed E-state index contributed by atoms with van der Waals surface area (Å²) in [5.74, 6) is 0.130. The Morgan fingerprint density at radius 1 is 1.38 bits per heavy atom. The summed E-state index contributed by atoms with van der Waals surface area (Å²) in [6, 6.07) is 5.95. The molecular weight excluding hydrogens is 317 g/mol. The van der Waals surface area contributed by atoms with Gasteiger partial charge >= 0.3 is 6.09 Å². The summed E-state index contributed by atoms with van der Waals surface area (Å²) < 4.78 is 20.3. The van der Waals surface area contributed by atoms with Gasteiger partial charge in [0.05, 0.1) is 6.20 Å². The van der Waals surface area contributed by atoms with E-state index in [0.29, 0.717) is 17.1 Å². The van der Waals surface area contributed by atoms with E-state index in [1.54, 1.807) is 23.9 Å². The molecule has 2 aromatic rings. The van der Waals surface area contributed by atoms with Crippen molar-refractivity contribution in [3.05, 3.63) is 60.0 Å². The molecule has 8 nitrogen and oxygen atoms in total. The van der Waals surface area contributed by atoms with Crippen molar-refractivity contribution < 1.29 is 19.0 Å². The van der Waals surface area contributed by atoms with Gasteiger partial charge in [0.2, 0.25) is 0 Å². The van der Waals surface area contributed by atoms with Gasteiger partial charge in [-0.1, -0.05) is 5.21 Å². The van der Waals surface area contributed by atoms with Crippen LogP contribution >= 0.6 is 0 Å². The highest BCUT2D eigenvalue weighted by atomic mass is 19.1. The van der Waals surface area contributed by atoms with Crippen LogP contribution in [-0.4, -0.2) is 31.2 Å². The van der Waals surface area contributed by atoms with Gasteiger partial charge in [-0.3, -0.25) is 5.43 Å². The molecule has 0 atom stereocenters. The minimum Gasteiger partial charge on any atom is -0.486 e. The molecule has 0 saturated heterocycles. The van der Waals surface area contributed by atoms with Crippen LogP contribution in [0.1, 0.15) is 5.69 Å². The van der Waals surface area contributed by atoms with Crippen molar-refractivity contribution in [3.63, 3.8) is 0 Å². The summed E-state index contributed by atoms with van der Waals surface area (Å²) in [4.78, 5) is 10.8. The number of rotatable bonds is 4. The molecule has 0 aliphatic carbocycles. The van der Waals surface area contributed by atoms with Gasteiger partial charge in [0.1, 0.15) is 29.6 Å². The highest BCUT2D eigenvalue weighted by Crippen LogP contribution is 2.22. The van der Waals surface area contributed by atoms with Crippen molar-refractivity contribution in [1.82, 2.24) is 25.4 Å². The number of ether oxygens (including phenoxy) is 1. The van der Waals surface area contributed by atoms with Gasteiger partial charge in [0, 0.05) is 24.9 Å². The zero-order chi connectivity index (χ0) is 17.1. The Bertz CT molecular complexity index is 813. The molecule has 0 bridgehead atoms. The topological polar surface area (TPSA) is 92.5 Å². The maximum absolute atomic E-state index is 13.1. The molecule has 24 heavy (non-hydrogen) atoms. The first-order valence-corrected chi connectivity index (χ1v) is 6.98. The van der Waals surface area contributed by atoms with Crippen LogP contribution in [0.25, 0.3) is 11.3 Å². The van der Waals surface area contributed by atoms with Crippen LogP contribution in [0.2, 0.25) is 0 Å². The molecule has 1 aromatic carbocycles. The second-order valence-electron chi connectivity index (χ2n) is 4.95. The Balaban J connectivity index is 1.73. The van der Waals surface area contributed by atoms with Crippen LogP contribution in [0.4, 0.5) is 9.18 Å². The number of allylic oxidation sites excluding steroid dienone is 1. The number of amides is 1. The highest BCUT2D eigenvalue weighted by molar-refractivity contribution is 5.66. The number of hydrogen-bond donors (Lipinski definition) is 2. The fraction of sp³-hybridized carbons (Fsp3) is 0.133. The van der Waals surface area contributed by atoms with Gasteiger partial charge in [-0.15, -0.1) is 5.10 Å². The van der Waals surface area contributed by atoms with Gasteiger partial charge < -0.3 is 9.84 Å². The van der Waals surface area contributed by atoms with Crippen molar-refractivity contribution in [2.45, 2.75) is 6.61 Å². The number of aromatic nitrogens is 3. The van der Waals surface area contributed by atoms with E-state index in [1.807, 2.05) is 0 Å². The molecule has 0 radical (unpaired) electrons. The molecule has 1 aromatic heterocycles. The van der Waals surface area contributed by atoms with Crippen LogP contribution in [0.3, 0.4) is 0 Å². The zero-order valence-corrected chi connectivity index (χ0v) is 12.7.